The van der Waals surface area contributed by atoms with Gasteiger partial charge in [-0.15, -0.1) is 0 Å². The van der Waals surface area contributed by atoms with Gasteiger partial charge in [-0.25, -0.2) is 13.4 Å². The first kappa shape index (κ1) is 14.3. The van der Waals surface area contributed by atoms with Crippen molar-refractivity contribution in [2.24, 2.45) is 0 Å². The number of imidazole rings is 1. The molecule has 0 N–H and O–H groups in total. The summed E-state index contributed by atoms with van der Waals surface area (Å²) >= 11 is 6.02. The normalized spacial score (nSPS) is 12.4. The van der Waals surface area contributed by atoms with E-state index in [0.29, 0.717) is 18.7 Å². The van der Waals surface area contributed by atoms with Gasteiger partial charge in [-0.3, -0.25) is 4.40 Å². The van der Waals surface area contributed by atoms with E-state index in [1.54, 1.807) is 24.4 Å². The number of hydrogen-bond donors (Lipinski definition) is 0. The highest BCUT2D eigenvalue weighted by Gasteiger charge is 2.29. The molecule has 0 spiro atoms. The topological polar surface area (TPSA) is 54.7 Å². The number of hydrogen-bond acceptors (Lipinski definition) is 3. The summed E-state index contributed by atoms with van der Waals surface area (Å²) in [5, 5.41) is 0.0563. The monoisotopic (exact) mass is 301 g/mol. The van der Waals surface area contributed by atoms with Crippen LogP contribution in [0.4, 0.5) is 0 Å². The molecule has 0 aliphatic rings. The molecule has 7 heteroatoms. The molecule has 0 bridgehead atoms. The second-order valence-electron chi connectivity index (χ2n) is 4.13. The summed E-state index contributed by atoms with van der Waals surface area (Å²) < 4.78 is 28.2. The number of rotatable bonds is 5. The number of halogens is 1. The van der Waals surface area contributed by atoms with Crippen LogP contribution >= 0.6 is 11.6 Å². The Morgan fingerprint density at radius 2 is 2.11 bits per heavy atom. The lowest BCUT2D eigenvalue weighted by molar-refractivity contribution is 0.424. The molecule has 2 aromatic heterocycles. The summed E-state index contributed by atoms with van der Waals surface area (Å²) in [6.07, 6.45) is 2.41. The van der Waals surface area contributed by atoms with Gasteiger partial charge in [-0.2, -0.15) is 4.31 Å². The molecule has 5 nitrogen and oxygen atoms in total. The van der Waals surface area contributed by atoms with Gasteiger partial charge in [-0.1, -0.05) is 31.5 Å². The van der Waals surface area contributed by atoms with Gasteiger partial charge in [-0.05, 0) is 18.6 Å². The largest absolute Gasteiger partial charge is 0.288 e. The summed E-state index contributed by atoms with van der Waals surface area (Å²) in [5.41, 5.74) is 0.527. The van der Waals surface area contributed by atoms with Gasteiger partial charge in [0.15, 0.2) is 10.2 Å². The Hall–Kier alpha value is -1.11. The number of pyridine rings is 1. The van der Waals surface area contributed by atoms with Crippen molar-refractivity contribution in [3.05, 3.63) is 29.5 Å². The maximum atomic E-state index is 12.6. The molecule has 0 aliphatic carbocycles. The van der Waals surface area contributed by atoms with Gasteiger partial charge in [0.2, 0.25) is 0 Å². The average Bonchev–Trinajstić information content (AvgIpc) is 2.71. The van der Waals surface area contributed by atoms with E-state index in [9.17, 15) is 8.42 Å². The second-order valence-corrected chi connectivity index (χ2v) is 6.34. The van der Waals surface area contributed by atoms with Gasteiger partial charge in [0.1, 0.15) is 5.65 Å². The van der Waals surface area contributed by atoms with Crippen LogP contribution in [-0.4, -0.2) is 35.2 Å². The fourth-order valence-corrected chi connectivity index (χ4v) is 4.13. The van der Waals surface area contributed by atoms with Crippen molar-refractivity contribution in [1.29, 1.82) is 0 Å². The first-order chi connectivity index (χ1) is 9.02. The zero-order chi connectivity index (χ0) is 14.0. The van der Waals surface area contributed by atoms with Crippen LogP contribution < -0.4 is 0 Å². The second kappa shape index (κ2) is 5.48. The fraction of sp³-hybridized carbons (Fsp3) is 0.417. The lowest BCUT2D eigenvalue weighted by Gasteiger charge is -2.19. The number of nitrogens with zero attached hydrogens (tertiary/aromatic N) is 3. The molecule has 0 saturated carbocycles. The van der Waals surface area contributed by atoms with Crippen molar-refractivity contribution >= 4 is 27.3 Å². The molecule has 2 rings (SSSR count). The lowest BCUT2D eigenvalue weighted by atomic mass is 10.5. The summed E-state index contributed by atoms with van der Waals surface area (Å²) in [5.74, 6) is 0. The summed E-state index contributed by atoms with van der Waals surface area (Å²) in [4.78, 5) is 4.08. The minimum Gasteiger partial charge on any atom is -0.288 e. The molecule has 0 radical (unpaired) electrons. The van der Waals surface area contributed by atoms with E-state index in [0.717, 1.165) is 6.42 Å². The van der Waals surface area contributed by atoms with E-state index in [1.165, 1.54) is 8.71 Å². The van der Waals surface area contributed by atoms with Crippen molar-refractivity contribution in [2.75, 3.05) is 13.1 Å². The molecule has 19 heavy (non-hydrogen) atoms. The molecular formula is C12H16ClN3O2S. The van der Waals surface area contributed by atoms with Crippen molar-refractivity contribution in [2.45, 2.75) is 25.3 Å². The Bertz CT molecular complexity index is 681. The molecule has 0 saturated heterocycles. The highest BCUT2D eigenvalue weighted by Crippen LogP contribution is 2.25. The van der Waals surface area contributed by atoms with Crippen molar-refractivity contribution in [3.8, 4) is 0 Å². The summed E-state index contributed by atoms with van der Waals surface area (Å²) in [7, 11) is -3.63. The third-order valence-corrected chi connectivity index (χ3v) is 5.23. The van der Waals surface area contributed by atoms with E-state index in [2.05, 4.69) is 4.98 Å². The average molecular weight is 302 g/mol. The van der Waals surface area contributed by atoms with Crippen molar-refractivity contribution < 1.29 is 8.42 Å². The molecule has 104 valence electrons. The lowest BCUT2D eigenvalue weighted by Crippen LogP contribution is -2.32. The Morgan fingerprint density at radius 3 is 2.74 bits per heavy atom. The third-order valence-electron chi connectivity index (χ3n) is 2.86. The van der Waals surface area contributed by atoms with Crippen LogP contribution in [0.25, 0.3) is 5.65 Å². The molecule has 0 aliphatic heterocycles. The first-order valence-corrected chi connectivity index (χ1v) is 7.97. The van der Waals surface area contributed by atoms with E-state index in [4.69, 9.17) is 11.6 Å². The molecular weight excluding hydrogens is 286 g/mol. The van der Waals surface area contributed by atoms with Crippen molar-refractivity contribution in [3.63, 3.8) is 0 Å². The molecule has 0 aromatic carbocycles. The minimum atomic E-state index is -3.63. The first-order valence-electron chi connectivity index (χ1n) is 6.15. The van der Waals surface area contributed by atoms with Crippen LogP contribution in [0, 0.1) is 0 Å². The predicted molar refractivity (Wildman–Crippen MR) is 74.9 cm³/mol. The Morgan fingerprint density at radius 1 is 1.37 bits per heavy atom. The van der Waals surface area contributed by atoms with Gasteiger partial charge in [0.25, 0.3) is 10.0 Å². The smallest absolute Gasteiger partial charge is 0.262 e. The summed E-state index contributed by atoms with van der Waals surface area (Å²) in [6.45, 7) is 4.63. The molecule has 0 fully saturated rings. The zero-order valence-electron chi connectivity index (χ0n) is 10.9. The van der Waals surface area contributed by atoms with Gasteiger partial charge >= 0.3 is 0 Å². The Labute approximate surface area is 117 Å². The van der Waals surface area contributed by atoms with Crippen molar-refractivity contribution in [1.82, 2.24) is 13.7 Å². The zero-order valence-corrected chi connectivity index (χ0v) is 12.4. The molecule has 2 heterocycles. The highest BCUT2D eigenvalue weighted by molar-refractivity contribution is 7.89. The van der Waals surface area contributed by atoms with Crippen LogP contribution in [0.1, 0.15) is 20.3 Å². The van der Waals surface area contributed by atoms with Crippen LogP contribution in [-0.2, 0) is 10.0 Å². The fourth-order valence-electron chi connectivity index (χ4n) is 2.00. The molecule has 0 atom stereocenters. The van der Waals surface area contributed by atoms with Gasteiger partial charge in [0, 0.05) is 19.3 Å². The quantitative estimate of drug-likeness (QED) is 0.852. The standard InChI is InChI=1S/C12H16ClN3O2S/c1-3-8-15(4-2)19(17,18)12-11(13)14-10-7-5-6-9-16(10)12/h5-7,9H,3-4,8H2,1-2H3. The maximum Gasteiger partial charge on any atom is 0.262 e. The van der Waals surface area contributed by atoms with Gasteiger partial charge < -0.3 is 0 Å². The van der Waals surface area contributed by atoms with Crippen LogP contribution in [0.15, 0.2) is 29.4 Å². The number of aromatic nitrogens is 2. The highest BCUT2D eigenvalue weighted by atomic mass is 35.5. The van der Waals surface area contributed by atoms with Crippen LogP contribution in [0.2, 0.25) is 5.15 Å². The van der Waals surface area contributed by atoms with E-state index in [-0.39, 0.29) is 10.2 Å². The van der Waals surface area contributed by atoms with Crippen LogP contribution in [0.3, 0.4) is 0 Å². The van der Waals surface area contributed by atoms with E-state index < -0.39 is 10.0 Å². The molecule has 0 unspecified atom stereocenters. The van der Waals surface area contributed by atoms with Gasteiger partial charge in [0.05, 0.1) is 0 Å². The third kappa shape index (κ3) is 2.48. The van der Waals surface area contributed by atoms with E-state index in [1.807, 2.05) is 13.8 Å². The molecule has 0 amide bonds. The Kier molecular flexibility index (Phi) is 4.13. The molecule has 2 aromatic rings. The van der Waals surface area contributed by atoms with Crippen LogP contribution in [0.5, 0.6) is 0 Å². The number of sulfonamides is 1. The van der Waals surface area contributed by atoms with E-state index >= 15 is 0 Å². The minimum absolute atomic E-state index is 0.0146. The Balaban J connectivity index is 2.63. The maximum absolute atomic E-state index is 12.6. The predicted octanol–water partition coefficient (Wildman–Crippen LogP) is 2.41. The SMILES string of the molecule is CCCN(CC)S(=O)(=O)c1c(Cl)nc2ccccn12. The number of fused-ring (bicyclic) bond motifs is 1. The summed E-state index contributed by atoms with van der Waals surface area (Å²) in [6, 6.07) is 5.26.